The molecule has 0 aliphatic carbocycles. The van der Waals surface area contributed by atoms with Gasteiger partial charge in [-0.2, -0.15) is 0 Å². The van der Waals surface area contributed by atoms with E-state index in [1.807, 2.05) is 32.6 Å². The van der Waals surface area contributed by atoms with Gasteiger partial charge in [0.1, 0.15) is 5.78 Å². The number of rotatable bonds is 0. The van der Waals surface area contributed by atoms with Crippen molar-refractivity contribution >= 4 is 11.7 Å². The van der Waals surface area contributed by atoms with Crippen molar-refractivity contribution < 1.29 is 9.59 Å². The summed E-state index contributed by atoms with van der Waals surface area (Å²) >= 11 is 0. The van der Waals surface area contributed by atoms with Crippen molar-refractivity contribution in [3.63, 3.8) is 0 Å². The van der Waals surface area contributed by atoms with E-state index < -0.39 is 0 Å². The second-order valence-electron chi connectivity index (χ2n) is 5.37. The minimum absolute atomic E-state index is 0.0486. The fourth-order valence-corrected chi connectivity index (χ4v) is 2.86. The molecule has 1 rings (SSSR count). The summed E-state index contributed by atoms with van der Waals surface area (Å²) in [6.07, 6.45) is 0.937. The number of nitrogens with zero attached hydrogens (tertiary/aromatic N) is 1. The van der Waals surface area contributed by atoms with E-state index in [0.29, 0.717) is 12.8 Å². The van der Waals surface area contributed by atoms with E-state index in [2.05, 4.69) is 0 Å². The highest BCUT2D eigenvalue weighted by molar-refractivity contribution is 5.85. The summed E-state index contributed by atoms with van der Waals surface area (Å²) in [4.78, 5) is 24.9. The maximum absolute atomic E-state index is 11.6. The number of carbonyl (C=O) groups excluding carboxylic acids is 2. The van der Waals surface area contributed by atoms with Crippen LogP contribution in [0.25, 0.3) is 0 Å². The van der Waals surface area contributed by atoms with E-state index in [1.165, 1.54) is 0 Å². The molecule has 80 valence electrons. The second-order valence-corrected chi connectivity index (χ2v) is 5.37. The Bertz CT molecular complexity index is 259. The molecule has 0 radical (unpaired) electrons. The Labute approximate surface area is 85.5 Å². The Morgan fingerprint density at radius 3 is 1.79 bits per heavy atom. The molecule has 0 aromatic rings. The molecular formula is C11H19NO2. The van der Waals surface area contributed by atoms with Gasteiger partial charge in [-0.3, -0.25) is 9.59 Å². The summed E-state index contributed by atoms with van der Waals surface area (Å²) in [6.45, 7) is 9.38. The van der Waals surface area contributed by atoms with E-state index in [9.17, 15) is 9.59 Å². The summed E-state index contributed by atoms with van der Waals surface area (Å²) in [5.41, 5.74) is -0.685. The first-order valence-electron chi connectivity index (χ1n) is 4.99. The molecule has 1 amide bonds. The summed E-state index contributed by atoms with van der Waals surface area (Å²) in [5, 5.41) is 0. The quantitative estimate of drug-likeness (QED) is 0.593. The van der Waals surface area contributed by atoms with Crippen LogP contribution in [0, 0.1) is 0 Å². The van der Waals surface area contributed by atoms with Gasteiger partial charge >= 0.3 is 0 Å². The molecule has 1 aliphatic heterocycles. The van der Waals surface area contributed by atoms with Gasteiger partial charge in [0.05, 0.1) is 0 Å². The smallest absolute Gasteiger partial charge is 0.220 e. The summed E-state index contributed by atoms with van der Waals surface area (Å²) < 4.78 is 0. The first-order chi connectivity index (χ1) is 6.17. The predicted octanol–water partition coefficient (Wildman–Crippen LogP) is 1.76. The third kappa shape index (κ3) is 1.81. The number of hydrogen-bond donors (Lipinski definition) is 0. The number of likely N-dealkylation sites (tertiary alicyclic amines) is 1. The molecule has 0 bridgehead atoms. The van der Waals surface area contributed by atoms with E-state index in [-0.39, 0.29) is 22.8 Å². The zero-order chi connectivity index (χ0) is 11.1. The van der Waals surface area contributed by atoms with Crippen LogP contribution in [-0.4, -0.2) is 27.7 Å². The third-order valence-corrected chi connectivity index (χ3v) is 2.79. The zero-order valence-electron chi connectivity index (χ0n) is 9.68. The second kappa shape index (κ2) is 3.07. The topological polar surface area (TPSA) is 37.4 Å². The first kappa shape index (κ1) is 11.2. The molecule has 0 aromatic heterocycles. The molecule has 1 heterocycles. The molecule has 0 spiro atoms. The van der Waals surface area contributed by atoms with Crippen LogP contribution < -0.4 is 0 Å². The lowest BCUT2D eigenvalue weighted by Crippen LogP contribution is -2.62. The Morgan fingerprint density at radius 1 is 1.14 bits per heavy atom. The van der Waals surface area contributed by atoms with Crippen LogP contribution in [-0.2, 0) is 9.59 Å². The van der Waals surface area contributed by atoms with Crippen molar-refractivity contribution in [3.05, 3.63) is 0 Å². The van der Waals surface area contributed by atoms with Crippen molar-refractivity contribution in [1.29, 1.82) is 0 Å². The molecule has 1 fully saturated rings. The van der Waals surface area contributed by atoms with E-state index in [4.69, 9.17) is 0 Å². The number of carbonyl (C=O) groups is 2. The first-order valence-corrected chi connectivity index (χ1v) is 4.99. The van der Waals surface area contributed by atoms with Crippen LogP contribution in [0.2, 0.25) is 0 Å². The standard InChI is InChI=1S/C11H19NO2/c1-8(13)12-10(2,3)6-9(14)7-11(12,4)5/h6-7H2,1-5H3. The maximum atomic E-state index is 11.6. The van der Waals surface area contributed by atoms with Crippen LogP contribution >= 0.6 is 0 Å². The molecule has 0 N–H and O–H groups in total. The number of amides is 1. The minimum atomic E-state index is -0.343. The summed E-state index contributed by atoms with van der Waals surface area (Å²) in [6, 6.07) is 0. The molecule has 0 unspecified atom stereocenters. The van der Waals surface area contributed by atoms with Gasteiger partial charge in [-0.05, 0) is 27.7 Å². The van der Waals surface area contributed by atoms with Crippen LogP contribution in [0.15, 0.2) is 0 Å². The monoisotopic (exact) mass is 197 g/mol. The molecule has 1 aliphatic rings. The van der Waals surface area contributed by atoms with Crippen molar-refractivity contribution in [2.45, 2.75) is 58.5 Å². The fraction of sp³-hybridized carbons (Fsp3) is 0.818. The van der Waals surface area contributed by atoms with Crippen LogP contribution in [0.3, 0.4) is 0 Å². The highest BCUT2D eigenvalue weighted by Crippen LogP contribution is 2.36. The molecule has 3 heteroatoms. The van der Waals surface area contributed by atoms with Gasteiger partial charge in [-0.25, -0.2) is 0 Å². The lowest BCUT2D eigenvalue weighted by Gasteiger charge is -2.51. The average molecular weight is 197 g/mol. The van der Waals surface area contributed by atoms with Gasteiger partial charge in [-0.15, -0.1) is 0 Å². The maximum Gasteiger partial charge on any atom is 0.220 e. The average Bonchev–Trinajstić information content (AvgIpc) is 1.75. The van der Waals surface area contributed by atoms with Gasteiger partial charge in [0, 0.05) is 30.8 Å². The van der Waals surface area contributed by atoms with Crippen LogP contribution in [0.4, 0.5) is 0 Å². The van der Waals surface area contributed by atoms with Crippen molar-refractivity contribution in [1.82, 2.24) is 4.90 Å². The van der Waals surface area contributed by atoms with Crippen LogP contribution in [0.5, 0.6) is 0 Å². The zero-order valence-corrected chi connectivity index (χ0v) is 9.68. The Kier molecular flexibility index (Phi) is 2.46. The summed E-state index contributed by atoms with van der Waals surface area (Å²) in [7, 11) is 0. The highest BCUT2D eigenvalue weighted by Gasteiger charge is 2.46. The normalized spacial score (nSPS) is 24.9. The van der Waals surface area contributed by atoms with Crippen molar-refractivity contribution in [3.8, 4) is 0 Å². The van der Waals surface area contributed by atoms with Crippen LogP contribution in [0.1, 0.15) is 47.5 Å². The molecule has 3 nitrogen and oxygen atoms in total. The lowest BCUT2D eigenvalue weighted by molar-refractivity contribution is -0.151. The van der Waals surface area contributed by atoms with E-state index in [1.54, 1.807) is 6.92 Å². The van der Waals surface area contributed by atoms with E-state index >= 15 is 0 Å². The van der Waals surface area contributed by atoms with Crippen molar-refractivity contribution in [2.75, 3.05) is 0 Å². The SMILES string of the molecule is CC(=O)N1C(C)(C)CC(=O)CC1(C)C. The number of Topliss-reactive ketones (excluding diaryl/α,β-unsaturated/α-hetero) is 1. The van der Waals surface area contributed by atoms with Crippen molar-refractivity contribution in [2.24, 2.45) is 0 Å². The predicted molar refractivity (Wildman–Crippen MR) is 54.9 cm³/mol. The third-order valence-electron chi connectivity index (χ3n) is 2.79. The molecule has 0 atom stereocenters. The van der Waals surface area contributed by atoms with Gasteiger partial charge < -0.3 is 4.90 Å². The highest BCUT2D eigenvalue weighted by atomic mass is 16.2. The summed E-state index contributed by atoms with van der Waals surface area (Å²) in [5.74, 6) is 0.296. The van der Waals surface area contributed by atoms with Gasteiger partial charge in [-0.1, -0.05) is 0 Å². The molecule has 1 saturated heterocycles. The number of hydrogen-bond acceptors (Lipinski definition) is 2. The number of ketones is 1. The Hall–Kier alpha value is -0.860. The van der Waals surface area contributed by atoms with Gasteiger partial charge in [0.15, 0.2) is 0 Å². The molecule has 0 aromatic carbocycles. The Morgan fingerprint density at radius 2 is 1.50 bits per heavy atom. The molecule has 0 saturated carbocycles. The minimum Gasteiger partial charge on any atom is -0.332 e. The van der Waals surface area contributed by atoms with E-state index in [0.717, 1.165) is 0 Å². The van der Waals surface area contributed by atoms with Gasteiger partial charge in [0.2, 0.25) is 5.91 Å². The molecule has 14 heavy (non-hydrogen) atoms. The Balaban J connectivity index is 3.09. The lowest BCUT2D eigenvalue weighted by atomic mass is 9.79. The molecular weight excluding hydrogens is 178 g/mol. The van der Waals surface area contributed by atoms with Gasteiger partial charge in [0.25, 0.3) is 0 Å². The number of piperidine rings is 1. The fourth-order valence-electron chi connectivity index (χ4n) is 2.86. The largest absolute Gasteiger partial charge is 0.332 e.